The van der Waals surface area contributed by atoms with Crippen LogP contribution in [0.5, 0.6) is 0 Å². The highest BCUT2D eigenvalue weighted by atomic mass is 35.5. The quantitative estimate of drug-likeness (QED) is 0.370. The van der Waals surface area contributed by atoms with E-state index in [9.17, 15) is 0 Å². The first kappa shape index (κ1) is 22.2. The van der Waals surface area contributed by atoms with Crippen molar-refractivity contribution in [3.8, 4) is 0 Å². The summed E-state index contributed by atoms with van der Waals surface area (Å²) in [4.78, 5) is 4.43. The smallest absolute Gasteiger partial charge is 0.252 e. The molecule has 1 aromatic carbocycles. The SMILES string of the molecule is CCCCCCCCOC[n+]1cccc(NCn2cnc3ccccc32)c1.[Cl-]. The lowest BCUT2D eigenvalue weighted by Crippen LogP contribution is -3.00. The molecule has 3 rings (SSSR count). The molecule has 0 unspecified atom stereocenters. The second-order valence-electron chi connectivity index (χ2n) is 6.95. The molecule has 0 fully saturated rings. The lowest BCUT2D eigenvalue weighted by Gasteiger charge is -2.08. The van der Waals surface area contributed by atoms with E-state index < -0.39 is 0 Å². The molecule has 0 atom stereocenters. The molecule has 6 heteroatoms. The van der Waals surface area contributed by atoms with Crippen LogP contribution in [0.3, 0.4) is 0 Å². The largest absolute Gasteiger partial charge is 1.00 e. The molecular weight excluding hydrogens is 372 g/mol. The van der Waals surface area contributed by atoms with E-state index in [1.807, 2.05) is 36.8 Å². The van der Waals surface area contributed by atoms with Crippen LogP contribution in [-0.4, -0.2) is 16.2 Å². The number of benzene rings is 1. The predicted molar refractivity (Wildman–Crippen MR) is 109 cm³/mol. The number of nitrogens with zero attached hydrogens (tertiary/aromatic N) is 3. The van der Waals surface area contributed by atoms with Crippen LogP contribution in [0.2, 0.25) is 0 Å². The summed E-state index contributed by atoms with van der Waals surface area (Å²) < 4.78 is 10.00. The van der Waals surface area contributed by atoms with Gasteiger partial charge in [-0.25, -0.2) is 4.98 Å². The minimum absolute atomic E-state index is 0. The monoisotopic (exact) mass is 402 g/mol. The van der Waals surface area contributed by atoms with Gasteiger partial charge in [-0.15, -0.1) is 0 Å². The van der Waals surface area contributed by atoms with Crippen molar-refractivity contribution in [2.24, 2.45) is 0 Å². The van der Waals surface area contributed by atoms with Gasteiger partial charge >= 0.3 is 0 Å². The third-order valence-electron chi connectivity index (χ3n) is 4.72. The van der Waals surface area contributed by atoms with Crippen LogP contribution in [0.1, 0.15) is 45.4 Å². The van der Waals surface area contributed by atoms with Crippen LogP contribution in [0, 0.1) is 0 Å². The Morgan fingerprint density at radius 2 is 1.86 bits per heavy atom. The molecule has 0 bridgehead atoms. The molecule has 28 heavy (non-hydrogen) atoms. The van der Waals surface area contributed by atoms with E-state index in [-0.39, 0.29) is 12.4 Å². The molecule has 5 nitrogen and oxygen atoms in total. The van der Waals surface area contributed by atoms with Gasteiger partial charge in [0.2, 0.25) is 0 Å². The zero-order valence-electron chi connectivity index (χ0n) is 16.7. The first-order valence-electron chi connectivity index (χ1n) is 10.1. The van der Waals surface area contributed by atoms with E-state index in [4.69, 9.17) is 4.74 Å². The number of para-hydroxylation sites is 2. The molecule has 0 spiro atoms. The molecule has 3 aromatic rings. The van der Waals surface area contributed by atoms with Gasteiger partial charge < -0.3 is 27.0 Å². The lowest BCUT2D eigenvalue weighted by atomic mass is 10.1. The summed E-state index contributed by atoms with van der Waals surface area (Å²) >= 11 is 0. The molecule has 0 saturated heterocycles. The predicted octanol–water partition coefficient (Wildman–Crippen LogP) is 1.73. The molecular formula is C22H31ClN4O. The molecule has 0 radical (unpaired) electrons. The fraction of sp³-hybridized carbons (Fsp3) is 0.455. The Balaban J connectivity index is 0.00000280. The van der Waals surface area contributed by atoms with Gasteiger partial charge in [-0.1, -0.05) is 51.2 Å². The first-order valence-corrected chi connectivity index (χ1v) is 10.1. The van der Waals surface area contributed by atoms with Gasteiger partial charge in [0.05, 0.1) is 30.6 Å². The van der Waals surface area contributed by atoms with Crippen molar-refractivity contribution in [1.82, 2.24) is 9.55 Å². The Morgan fingerprint density at radius 1 is 1.04 bits per heavy atom. The summed E-state index contributed by atoms with van der Waals surface area (Å²) in [6.07, 6.45) is 13.7. The number of fused-ring (bicyclic) bond motifs is 1. The highest BCUT2D eigenvalue weighted by Gasteiger charge is 2.04. The van der Waals surface area contributed by atoms with Crippen molar-refractivity contribution in [3.05, 3.63) is 55.1 Å². The van der Waals surface area contributed by atoms with Gasteiger partial charge in [-0.2, -0.15) is 4.57 Å². The molecule has 0 aliphatic carbocycles. The van der Waals surface area contributed by atoms with E-state index in [1.54, 1.807) is 0 Å². The molecule has 1 N–H and O–H groups in total. The van der Waals surface area contributed by atoms with Gasteiger partial charge in [-0.3, -0.25) is 0 Å². The highest BCUT2D eigenvalue weighted by molar-refractivity contribution is 5.74. The number of pyridine rings is 1. The number of imidazole rings is 1. The number of halogens is 1. The fourth-order valence-electron chi connectivity index (χ4n) is 3.17. The zero-order chi connectivity index (χ0) is 18.7. The lowest BCUT2D eigenvalue weighted by molar-refractivity contribution is -0.732. The van der Waals surface area contributed by atoms with Crippen molar-refractivity contribution in [2.45, 2.75) is 58.8 Å². The number of ether oxygens (including phenoxy) is 1. The fourth-order valence-corrected chi connectivity index (χ4v) is 3.17. The Morgan fingerprint density at radius 3 is 2.75 bits per heavy atom. The normalized spacial score (nSPS) is 10.8. The van der Waals surface area contributed by atoms with E-state index in [1.165, 1.54) is 32.1 Å². The van der Waals surface area contributed by atoms with E-state index in [0.29, 0.717) is 13.4 Å². The van der Waals surface area contributed by atoms with Crippen LogP contribution in [0.25, 0.3) is 11.0 Å². The van der Waals surface area contributed by atoms with Gasteiger partial charge in [0, 0.05) is 6.07 Å². The maximum Gasteiger partial charge on any atom is 0.252 e. The van der Waals surface area contributed by atoms with Gasteiger partial charge in [0.25, 0.3) is 6.73 Å². The number of anilines is 1. The maximum atomic E-state index is 5.81. The summed E-state index contributed by atoms with van der Waals surface area (Å²) in [7, 11) is 0. The topological polar surface area (TPSA) is 43.0 Å². The summed E-state index contributed by atoms with van der Waals surface area (Å²) in [5, 5.41) is 3.46. The molecule has 0 saturated carbocycles. The average molecular weight is 403 g/mol. The minimum Gasteiger partial charge on any atom is -1.00 e. The summed E-state index contributed by atoms with van der Waals surface area (Å²) in [6.45, 7) is 4.36. The van der Waals surface area contributed by atoms with Crippen molar-refractivity contribution < 1.29 is 21.7 Å². The molecule has 152 valence electrons. The molecule has 0 aliphatic rings. The van der Waals surface area contributed by atoms with Gasteiger partial charge in [0.15, 0.2) is 12.4 Å². The van der Waals surface area contributed by atoms with Crippen LogP contribution >= 0.6 is 0 Å². The summed E-state index contributed by atoms with van der Waals surface area (Å²) in [5.41, 5.74) is 3.22. The minimum atomic E-state index is 0. The summed E-state index contributed by atoms with van der Waals surface area (Å²) in [5.74, 6) is 0. The van der Waals surface area contributed by atoms with E-state index >= 15 is 0 Å². The van der Waals surface area contributed by atoms with Crippen molar-refractivity contribution in [3.63, 3.8) is 0 Å². The molecule has 2 heterocycles. The molecule has 0 aliphatic heterocycles. The van der Waals surface area contributed by atoms with Gasteiger partial charge in [0.1, 0.15) is 5.69 Å². The highest BCUT2D eigenvalue weighted by Crippen LogP contribution is 2.12. The van der Waals surface area contributed by atoms with Crippen LogP contribution in [-0.2, 0) is 18.1 Å². The summed E-state index contributed by atoms with van der Waals surface area (Å²) in [6, 6.07) is 12.3. The number of nitrogens with one attached hydrogen (secondary N) is 1. The van der Waals surface area contributed by atoms with Crippen molar-refractivity contribution in [2.75, 3.05) is 11.9 Å². The number of aromatic nitrogens is 3. The third-order valence-corrected chi connectivity index (χ3v) is 4.72. The average Bonchev–Trinajstić information content (AvgIpc) is 3.12. The van der Waals surface area contributed by atoms with Crippen LogP contribution < -0.4 is 22.3 Å². The first-order chi connectivity index (χ1) is 13.4. The van der Waals surface area contributed by atoms with Gasteiger partial charge in [-0.05, 0) is 24.6 Å². The van der Waals surface area contributed by atoms with E-state index in [2.05, 4.69) is 44.7 Å². The Labute approximate surface area is 174 Å². The second kappa shape index (κ2) is 12.4. The number of rotatable bonds is 12. The number of hydrogen-bond acceptors (Lipinski definition) is 3. The number of hydrogen-bond donors (Lipinski definition) is 1. The number of unbranched alkanes of at least 4 members (excludes halogenated alkanes) is 5. The van der Waals surface area contributed by atoms with Crippen molar-refractivity contribution in [1.29, 1.82) is 0 Å². The Kier molecular flexibility index (Phi) is 9.80. The van der Waals surface area contributed by atoms with Crippen molar-refractivity contribution >= 4 is 16.7 Å². The maximum absolute atomic E-state index is 5.81. The second-order valence-corrected chi connectivity index (χ2v) is 6.95. The van der Waals surface area contributed by atoms with Crippen LogP contribution in [0.15, 0.2) is 55.1 Å². The molecule has 0 amide bonds. The van der Waals surface area contributed by atoms with E-state index in [0.717, 1.165) is 29.7 Å². The van der Waals surface area contributed by atoms with Crippen LogP contribution in [0.4, 0.5) is 5.69 Å². The molecule has 2 aromatic heterocycles. The third kappa shape index (κ3) is 6.80. The standard InChI is InChI=1S/C22H31N4O.ClH/c1-2-3-4-5-6-9-15-27-19-25-14-10-11-20(16-25)23-17-26-18-24-21-12-7-8-13-22(21)26;/h7-8,10-14,16,18,23H,2-6,9,15,17,19H2,1H3;1H/q+1;/p-1. The Hall–Kier alpha value is -2.11. The Bertz CT molecular complexity index is 821. The zero-order valence-corrected chi connectivity index (χ0v) is 17.4.